The maximum atomic E-state index is 3.51. The summed E-state index contributed by atoms with van der Waals surface area (Å²) in [5.41, 5.74) is 4.12. The van der Waals surface area contributed by atoms with Gasteiger partial charge in [0.05, 0.1) is 0 Å². The smallest absolute Gasteiger partial charge is 0.0292 e. The van der Waals surface area contributed by atoms with Gasteiger partial charge in [-0.25, -0.2) is 0 Å². The van der Waals surface area contributed by atoms with Gasteiger partial charge in [0.2, 0.25) is 0 Å². The summed E-state index contributed by atoms with van der Waals surface area (Å²) in [6.07, 6.45) is 3.38. The van der Waals surface area contributed by atoms with E-state index in [0.717, 1.165) is 13.0 Å². The Morgan fingerprint density at radius 3 is 2.69 bits per heavy atom. The molecule has 0 heterocycles. The van der Waals surface area contributed by atoms with E-state index in [1.807, 2.05) is 0 Å². The Balaban J connectivity index is 2.71. The fourth-order valence-electron chi connectivity index (χ4n) is 1.95. The average Bonchev–Trinajstić information content (AvgIpc) is 2.16. The Morgan fingerprint density at radius 1 is 1.38 bits per heavy atom. The van der Waals surface area contributed by atoms with Crippen molar-refractivity contribution in [2.75, 3.05) is 6.54 Å². The largest absolute Gasteiger partial charge is 0.310 e. The predicted octanol–water partition coefficient (Wildman–Crippen LogP) is 3.48. The maximum Gasteiger partial charge on any atom is 0.0292 e. The SMILES string of the molecule is CCNC(C=C(C)C)Cc1cccc(C)c1. The monoisotopic (exact) mass is 217 g/mol. The molecule has 1 atom stereocenters. The molecule has 0 spiro atoms. The second-order valence-corrected chi connectivity index (χ2v) is 4.60. The van der Waals surface area contributed by atoms with Gasteiger partial charge < -0.3 is 5.32 Å². The maximum absolute atomic E-state index is 3.51. The number of benzene rings is 1. The number of likely N-dealkylation sites (N-methyl/N-ethyl adjacent to an activating group) is 1. The topological polar surface area (TPSA) is 12.0 Å². The minimum atomic E-state index is 0.455. The summed E-state index contributed by atoms with van der Waals surface area (Å²) >= 11 is 0. The Labute approximate surface area is 99.6 Å². The van der Waals surface area contributed by atoms with Crippen molar-refractivity contribution in [1.29, 1.82) is 0 Å². The van der Waals surface area contributed by atoms with Gasteiger partial charge in [-0.05, 0) is 39.3 Å². The molecule has 0 aliphatic carbocycles. The van der Waals surface area contributed by atoms with Crippen molar-refractivity contribution in [3.05, 3.63) is 47.0 Å². The number of hydrogen-bond acceptors (Lipinski definition) is 1. The first-order valence-electron chi connectivity index (χ1n) is 6.05. The van der Waals surface area contributed by atoms with Crippen LogP contribution in [0, 0.1) is 6.92 Å². The summed E-state index contributed by atoms with van der Waals surface area (Å²) in [6.45, 7) is 9.62. The van der Waals surface area contributed by atoms with Gasteiger partial charge in [0.1, 0.15) is 0 Å². The second-order valence-electron chi connectivity index (χ2n) is 4.60. The van der Waals surface area contributed by atoms with Crippen LogP contribution in [0.2, 0.25) is 0 Å². The van der Waals surface area contributed by atoms with E-state index >= 15 is 0 Å². The van der Waals surface area contributed by atoms with Crippen LogP contribution >= 0.6 is 0 Å². The van der Waals surface area contributed by atoms with Crippen LogP contribution in [0.1, 0.15) is 31.9 Å². The quantitative estimate of drug-likeness (QED) is 0.745. The van der Waals surface area contributed by atoms with Gasteiger partial charge in [-0.15, -0.1) is 0 Å². The molecule has 0 aromatic heterocycles. The zero-order valence-corrected chi connectivity index (χ0v) is 10.9. The van der Waals surface area contributed by atoms with Crippen molar-refractivity contribution in [3.63, 3.8) is 0 Å². The lowest BCUT2D eigenvalue weighted by Gasteiger charge is -2.15. The van der Waals surface area contributed by atoms with Crippen molar-refractivity contribution in [1.82, 2.24) is 5.32 Å². The van der Waals surface area contributed by atoms with Gasteiger partial charge in [-0.2, -0.15) is 0 Å². The average molecular weight is 217 g/mol. The van der Waals surface area contributed by atoms with Crippen molar-refractivity contribution in [3.8, 4) is 0 Å². The van der Waals surface area contributed by atoms with E-state index in [1.54, 1.807) is 0 Å². The third kappa shape index (κ3) is 4.63. The lowest BCUT2D eigenvalue weighted by Crippen LogP contribution is -2.29. The number of rotatable bonds is 5. The third-order valence-corrected chi connectivity index (χ3v) is 2.54. The molecule has 88 valence electrons. The highest BCUT2D eigenvalue weighted by Gasteiger charge is 2.04. The lowest BCUT2D eigenvalue weighted by atomic mass is 10.0. The Hall–Kier alpha value is -1.08. The van der Waals surface area contributed by atoms with Gasteiger partial charge in [0.25, 0.3) is 0 Å². The number of nitrogens with one attached hydrogen (secondary N) is 1. The third-order valence-electron chi connectivity index (χ3n) is 2.54. The summed E-state index contributed by atoms with van der Waals surface area (Å²) in [4.78, 5) is 0. The van der Waals surface area contributed by atoms with Gasteiger partial charge >= 0.3 is 0 Å². The highest BCUT2D eigenvalue weighted by molar-refractivity contribution is 5.24. The minimum absolute atomic E-state index is 0.455. The predicted molar refractivity (Wildman–Crippen MR) is 71.8 cm³/mol. The van der Waals surface area contributed by atoms with E-state index in [4.69, 9.17) is 0 Å². The van der Waals surface area contributed by atoms with E-state index in [1.165, 1.54) is 16.7 Å². The number of aryl methyl sites for hydroxylation is 1. The molecule has 1 heteroatoms. The van der Waals surface area contributed by atoms with Crippen LogP contribution in [0.3, 0.4) is 0 Å². The highest BCUT2D eigenvalue weighted by Crippen LogP contribution is 2.08. The molecule has 0 aliphatic rings. The van der Waals surface area contributed by atoms with Crippen molar-refractivity contribution < 1.29 is 0 Å². The van der Waals surface area contributed by atoms with Crippen molar-refractivity contribution in [2.45, 2.75) is 40.2 Å². The van der Waals surface area contributed by atoms with Gasteiger partial charge in [-0.3, -0.25) is 0 Å². The molecule has 0 amide bonds. The van der Waals surface area contributed by atoms with E-state index in [9.17, 15) is 0 Å². The Morgan fingerprint density at radius 2 is 2.12 bits per heavy atom. The van der Waals surface area contributed by atoms with Gasteiger partial charge in [0.15, 0.2) is 0 Å². The molecular weight excluding hydrogens is 194 g/mol. The summed E-state index contributed by atoms with van der Waals surface area (Å²) in [5, 5.41) is 3.51. The molecule has 1 aromatic carbocycles. The molecule has 0 fully saturated rings. The van der Waals surface area contributed by atoms with Crippen LogP contribution in [-0.2, 0) is 6.42 Å². The van der Waals surface area contributed by atoms with E-state index in [-0.39, 0.29) is 0 Å². The Bertz CT molecular complexity index is 348. The molecule has 0 bridgehead atoms. The molecule has 16 heavy (non-hydrogen) atoms. The molecule has 1 nitrogen and oxygen atoms in total. The number of hydrogen-bond donors (Lipinski definition) is 1. The van der Waals surface area contributed by atoms with Crippen molar-refractivity contribution >= 4 is 0 Å². The van der Waals surface area contributed by atoms with Crippen LogP contribution in [0.4, 0.5) is 0 Å². The summed E-state index contributed by atoms with van der Waals surface area (Å²) in [6, 6.07) is 9.21. The second kappa shape index (κ2) is 6.49. The first-order chi connectivity index (χ1) is 7.61. The molecule has 1 rings (SSSR count). The molecule has 1 unspecified atom stereocenters. The molecule has 0 saturated carbocycles. The highest BCUT2D eigenvalue weighted by atomic mass is 14.9. The fourth-order valence-corrected chi connectivity index (χ4v) is 1.95. The van der Waals surface area contributed by atoms with Gasteiger partial charge in [0, 0.05) is 6.04 Å². The van der Waals surface area contributed by atoms with Crippen LogP contribution in [0.5, 0.6) is 0 Å². The van der Waals surface area contributed by atoms with Crippen LogP contribution < -0.4 is 5.32 Å². The van der Waals surface area contributed by atoms with Crippen LogP contribution in [-0.4, -0.2) is 12.6 Å². The minimum Gasteiger partial charge on any atom is -0.310 e. The van der Waals surface area contributed by atoms with E-state index in [0.29, 0.717) is 6.04 Å². The molecule has 0 radical (unpaired) electrons. The van der Waals surface area contributed by atoms with Crippen LogP contribution in [0.25, 0.3) is 0 Å². The molecule has 0 aliphatic heterocycles. The molecule has 1 aromatic rings. The number of allylic oxidation sites excluding steroid dienone is 1. The Kier molecular flexibility index (Phi) is 5.27. The standard InChI is InChI=1S/C15H23N/c1-5-16-15(9-12(2)3)11-14-8-6-7-13(4)10-14/h6-10,15-16H,5,11H2,1-4H3. The van der Waals surface area contributed by atoms with E-state index in [2.05, 4.69) is 63.4 Å². The fraction of sp³-hybridized carbons (Fsp3) is 0.467. The van der Waals surface area contributed by atoms with Crippen LogP contribution in [0.15, 0.2) is 35.9 Å². The zero-order chi connectivity index (χ0) is 12.0. The summed E-state index contributed by atoms with van der Waals surface area (Å²) < 4.78 is 0. The molecule has 1 N–H and O–H groups in total. The van der Waals surface area contributed by atoms with Crippen molar-refractivity contribution in [2.24, 2.45) is 0 Å². The van der Waals surface area contributed by atoms with E-state index < -0.39 is 0 Å². The van der Waals surface area contributed by atoms with Gasteiger partial charge in [-0.1, -0.05) is 48.4 Å². The summed E-state index contributed by atoms with van der Waals surface area (Å²) in [5.74, 6) is 0. The molecular formula is C15H23N. The first kappa shape index (κ1) is 13.0. The normalized spacial score (nSPS) is 12.2. The molecule has 0 saturated heterocycles. The zero-order valence-electron chi connectivity index (χ0n) is 10.9. The summed E-state index contributed by atoms with van der Waals surface area (Å²) in [7, 11) is 0. The first-order valence-corrected chi connectivity index (χ1v) is 6.05. The lowest BCUT2D eigenvalue weighted by molar-refractivity contribution is 0.609.